The minimum Gasteiger partial charge on any atom is -0.321 e. The van der Waals surface area contributed by atoms with Crippen LogP contribution < -0.4 is 5.32 Å². The minimum absolute atomic E-state index is 0.129. The highest BCUT2D eigenvalue weighted by Crippen LogP contribution is 2.27. The number of rotatable bonds is 3. The number of nitrogens with one attached hydrogen (secondary N) is 1. The fourth-order valence-corrected chi connectivity index (χ4v) is 3.86. The first kappa shape index (κ1) is 14.2. The molecule has 1 aromatic carbocycles. The molecular formula is C17H13N3OS2. The maximum absolute atomic E-state index is 12.5. The van der Waals surface area contributed by atoms with Gasteiger partial charge in [-0.15, -0.1) is 22.7 Å². The van der Waals surface area contributed by atoms with Crippen LogP contribution in [0.2, 0.25) is 0 Å². The lowest BCUT2D eigenvalue weighted by Gasteiger charge is -2.04. The Bertz CT molecular complexity index is 965. The van der Waals surface area contributed by atoms with E-state index in [1.807, 2.05) is 64.7 Å². The van der Waals surface area contributed by atoms with Crippen LogP contribution in [0.15, 0.2) is 53.4 Å². The Hall–Kier alpha value is -2.44. The molecule has 1 N–H and O–H groups in total. The van der Waals surface area contributed by atoms with Crippen molar-refractivity contribution in [2.24, 2.45) is 0 Å². The van der Waals surface area contributed by atoms with Gasteiger partial charge in [0.05, 0.1) is 4.88 Å². The molecule has 0 spiro atoms. The molecule has 0 radical (unpaired) electrons. The van der Waals surface area contributed by atoms with Gasteiger partial charge in [0, 0.05) is 17.3 Å². The number of hydrogen-bond acceptors (Lipinski definition) is 4. The number of amides is 1. The van der Waals surface area contributed by atoms with Gasteiger partial charge in [0.15, 0.2) is 4.96 Å². The third-order valence-corrected chi connectivity index (χ3v) is 5.26. The van der Waals surface area contributed by atoms with Crippen molar-refractivity contribution in [3.8, 4) is 10.6 Å². The first-order chi connectivity index (χ1) is 11.2. The van der Waals surface area contributed by atoms with Crippen molar-refractivity contribution >= 4 is 39.2 Å². The fourth-order valence-electron chi connectivity index (χ4n) is 2.32. The zero-order chi connectivity index (χ0) is 15.8. The number of thiazole rings is 1. The van der Waals surface area contributed by atoms with Crippen molar-refractivity contribution in [3.05, 3.63) is 64.6 Å². The largest absolute Gasteiger partial charge is 0.321 e. The second-order valence-electron chi connectivity index (χ2n) is 5.20. The van der Waals surface area contributed by atoms with Crippen molar-refractivity contribution in [3.63, 3.8) is 0 Å². The molecule has 3 aromatic heterocycles. The van der Waals surface area contributed by atoms with Gasteiger partial charge in [0.2, 0.25) is 0 Å². The molecule has 0 unspecified atom stereocenters. The van der Waals surface area contributed by atoms with Crippen LogP contribution in [0.4, 0.5) is 5.69 Å². The lowest BCUT2D eigenvalue weighted by atomic mass is 10.2. The van der Waals surface area contributed by atoms with E-state index < -0.39 is 0 Å². The van der Waals surface area contributed by atoms with Crippen LogP contribution in [0.3, 0.4) is 0 Å². The van der Waals surface area contributed by atoms with E-state index in [2.05, 4.69) is 10.3 Å². The number of fused-ring (bicyclic) bond motifs is 1. The van der Waals surface area contributed by atoms with Gasteiger partial charge in [0.1, 0.15) is 11.4 Å². The first-order valence-electron chi connectivity index (χ1n) is 7.09. The molecule has 114 valence electrons. The van der Waals surface area contributed by atoms with Gasteiger partial charge in [-0.3, -0.25) is 9.20 Å². The van der Waals surface area contributed by atoms with Gasteiger partial charge in [-0.1, -0.05) is 23.8 Å². The summed E-state index contributed by atoms with van der Waals surface area (Å²) in [6, 6.07) is 11.8. The summed E-state index contributed by atoms with van der Waals surface area (Å²) in [5.74, 6) is -0.129. The Morgan fingerprint density at radius 2 is 2.00 bits per heavy atom. The molecule has 6 heteroatoms. The number of carbonyl (C=O) groups is 1. The summed E-state index contributed by atoms with van der Waals surface area (Å²) < 4.78 is 1.85. The number of nitrogens with zero attached hydrogens (tertiary/aromatic N) is 2. The van der Waals surface area contributed by atoms with Gasteiger partial charge >= 0.3 is 0 Å². The third-order valence-electron chi connectivity index (χ3n) is 3.52. The third kappa shape index (κ3) is 2.67. The van der Waals surface area contributed by atoms with Crippen LogP contribution in [0, 0.1) is 6.92 Å². The van der Waals surface area contributed by atoms with Gasteiger partial charge in [0.25, 0.3) is 5.91 Å². The summed E-state index contributed by atoms with van der Waals surface area (Å²) >= 11 is 3.11. The highest BCUT2D eigenvalue weighted by molar-refractivity contribution is 7.15. The van der Waals surface area contributed by atoms with E-state index in [-0.39, 0.29) is 5.91 Å². The van der Waals surface area contributed by atoms with Gasteiger partial charge in [-0.05, 0) is 30.5 Å². The molecule has 0 atom stereocenters. The maximum atomic E-state index is 12.5. The number of aromatic nitrogens is 2. The van der Waals surface area contributed by atoms with E-state index in [0.29, 0.717) is 5.69 Å². The molecule has 0 saturated carbocycles. The van der Waals surface area contributed by atoms with Crippen molar-refractivity contribution in [2.75, 3.05) is 5.32 Å². The first-order valence-corrected chi connectivity index (χ1v) is 8.85. The topological polar surface area (TPSA) is 46.4 Å². The molecular weight excluding hydrogens is 326 g/mol. The zero-order valence-electron chi connectivity index (χ0n) is 12.3. The van der Waals surface area contributed by atoms with Crippen LogP contribution in [-0.2, 0) is 0 Å². The lowest BCUT2D eigenvalue weighted by Crippen LogP contribution is -2.13. The fraction of sp³-hybridized carbons (Fsp3) is 0.0588. The van der Waals surface area contributed by atoms with Crippen molar-refractivity contribution < 1.29 is 4.79 Å². The predicted octanol–water partition coefficient (Wildman–Crippen LogP) is 4.69. The molecule has 3 heterocycles. The molecule has 0 aliphatic rings. The van der Waals surface area contributed by atoms with E-state index in [1.54, 1.807) is 11.3 Å². The standard InChI is InChI=1S/C17H13N3OS2/c1-11-4-6-12(7-5-11)18-16(21)14-10-23-17-19-13(9-20(14)17)15-3-2-8-22-15/h2-10H,1H3,(H,18,21). The average Bonchev–Trinajstić information content (AvgIpc) is 3.24. The van der Waals surface area contributed by atoms with E-state index in [1.165, 1.54) is 11.3 Å². The van der Waals surface area contributed by atoms with Gasteiger partial charge in [-0.2, -0.15) is 0 Å². The molecule has 1 amide bonds. The second-order valence-corrected chi connectivity index (χ2v) is 6.98. The molecule has 0 aliphatic heterocycles. The van der Waals surface area contributed by atoms with Crippen LogP contribution in [-0.4, -0.2) is 15.3 Å². The summed E-state index contributed by atoms with van der Waals surface area (Å²) in [6.07, 6.45) is 1.92. The molecule has 0 bridgehead atoms. The van der Waals surface area contributed by atoms with E-state index in [0.717, 1.165) is 26.8 Å². The van der Waals surface area contributed by atoms with Gasteiger partial charge in [-0.25, -0.2) is 4.98 Å². The Balaban J connectivity index is 1.65. The molecule has 4 nitrogen and oxygen atoms in total. The highest BCUT2D eigenvalue weighted by atomic mass is 32.1. The zero-order valence-corrected chi connectivity index (χ0v) is 13.9. The molecule has 4 aromatic rings. The van der Waals surface area contributed by atoms with Crippen molar-refractivity contribution in [2.45, 2.75) is 6.92 Å². The number of benzene rings is 1. The second kappa shape index (κ2) is 5.64. The molecule has 0 aliphatic carbocycles. The number of thiophene rings is 1. The Kier molecular flexibility index (Phi) is 3.48. The van der Waals surface area contributed by atoms with Gasteiger partial charge < -0.3 is 5.32 Å². The summed E-state index contributed by atoms with van der Waals surface area (Å²) in [5.41, 5.74) is 3.45. The molecule has 0 fully saturated rings. The number of carbonyl (C=O) groups excluding carboxylic acids is 1. The number of imidazole rings is 1. The average molecular weight is 339 g/mol. The lowest BCUT2D eigenvalue weighted by molar-refractivity contribution is 0.102. The number of hydrogen-bond donors (Lipinski definition) is 1. The van der Waals surface area contributed by atoms with E-state index in [9.17, 15) is 4.79 Å². The van der Waals surface area contributed by atoms with E-state index in [4.69, 9.17) is 0 Å². The normalized spacial score (nSPS) is 11.0. The van der Waals surface area contributed by atoms with E-state index >= 15 is 0 Å². The maximum Gasteiger partial charge on any atom is 0.273 e. The van der Waals surface area contributed by atoms with Crippen LogP contribution in [0.25, 0.3) is 15.5 Å². The molecule has 4 rings (SSSR count). The van der Waals surface area contributed by atoms with Crippen LogP contribution in [0.1, 0.15) is 16.1 Å². The quantitative estimate of drug-likeness (QED) is 0.589. The monoisotopic (exact) mass is 339 g/mol. The minimum atomic E-state index is -0.129. The van der Waals surface area contributed by atoms with Crippen LogP contribution in [0.5, 0.6) is 0 Å². The SMILES string of the molecule is Cc1ccc(NC(=O)c2csc3nc(-c4cccs4)cn23)cc1. The van der Waals surface area contributed by atoms with Crippen LogP contribution >= 0.6 is 22.7 Å². The predicted molar refractivity (Wildman–Crippen MR) is 95.5 cm³/mol. The summed E-state index contributed by atoms with van der Waals surface area (Å²) in [7, 11) is 0. The summed E-state index contributed by atoms with van der Waals surface area (Å²) in [5, 5.41) is 6.79. The smallest absolute Gasteiger partial charge is 0.273 e. The van der Waals surface area contributed by atoms with Crippen molar-refractivity contribution in [1.29, 1.82) is 0 Å². The Morgan fingerprint density at radius 1 is 1.17 bits per heavy atom. The highest BCUT2D eigenvalue weighted by Gasteiger charge is 2.15. The molecule has 23 heavy (non-hydrogen) atoms. The van der Waals surface area contributed by atoms with Crippen molar-refractivity contribution in [1.82, 2.24) is 9.38 Å². The number of aryl methyl sites for hydroxylation is 1. The Labute approximate surface area is 141 Å². The number of anilines is 1. The Morgan fingerprint density at radius 3 is 2.74 bits per heavy atom. The summed E-state index contributed by atoms with van der Waals surface area (Å²) in [4.78, 5) is 19.0. The molecule has 0 saturated heterocycles. The summed E-state index contributed by atoms with van der Waals surface area (Å²) in [6.45, 7) is 2.02.